The summed E-state index contributed by atoms with van der Waals surface area (Å²) in [5, 5.41) is 8.30. The average Bonchev–Trinajstić information content (AvgIpc) is 2.86. The Morgan fingerprint density at radius 1 is 1.33 bits per heavy atom. The lowest BCUT2D eigenvalue weighted by Crippen LogP contribution is -2.44. The van der Waals surface area contributed by atoms with E-state index in [9.17, 15) is 0 Å². The van der Waals surface area contributed by atoms with Crippen molar-refractivity contribution in [2.75, 3.05) is 11.4 Å². The van der Waals surface area contributed by atoms with Gasteiger partial charge in [0, 0.05) is 12.6 Å². The highest BCUT2D eigenvalue weighted by molar-refractivity contribution is 7.80. The van der Waals surface area contributed by atoms with Crippen molar-refractivity contribution in [2.45, 2.75) is 38.1 Å². The van der Waals surface area contributed by atoms with E-state index in [-0.39, 0.29) is 0 Å². The standard InChI is InChI=1S/C13H18N4S/c14-12(18)10-6-7-15-16-13(10)17-8-2-4-9-3-1-5-11(9)17/h6-7,9,11H,1-5,8H2,(H2,14,18). The van der Waals surface area contributed by atoms with Crippen molar-refractivity contribution in [3.63, 3.8) is 0 Å². The zero-order valence-electron chi connectivity index (χ0n) is 10.4. The molecule has 2 unspecified atom stereocenters. The number of piperidine rings is 1. The number of fused-ring (bicyclic) bond motifs is 1. The van der Waals surface area contributed by atoms with E-state index in [1.54, 1.807) is 6.20 Å². The minimum atomic E-state index is 0.417. The highest BCUT2D eigenvalue weighted by Gasteiger charge is 2.36. The van der Waals surface area contributed by atoms with Crippen LogP contribution in [0.5, 0.6) is 0 Å². The van der Waals surface area contributed by atoms with E-state index in [1.807, 2.05) is 6.07 Å². The summed E-state index contributed by atoms with van der Waals surface area (Å²) in [6.07, 6.45) is 8.18. The minimum Gasteiger partial charge on any atom is -0.389 e. The Hall–Kier alpha value is -1.23. The van der Waals surface area contributed by atoms with Crippen LogP contribution in [0.1, 0.15) is 37.7 Å². The van der Waals surface area contributed by atoms with Crippen LogP contribution < -0.4 is 10.6 Å². The summed E-state index contributed by atoms with van der Waals surface area (Å²) in [7, 11) is 0. The molecular formula is C13H18N4S. The third-order valence-electron chi connectivity index (χ3n) is 4.23. The molecule has 2 aliphatic rings. The maximum Gasteiger partial charge on any atom is 0.161 e. The van der Waals surface area contributed by atoms with E-state index in [2.05, 4.69) is 15.1 Å². The summed E-state index contributed by atoms with van der Waals surface area (Å²) in [5.41, 5.74) is 6.66. The normalized spacial score (nSPS) is 27.0. The number of aromatic nitrogens is 2. The molecule has 0 radical (unpaired) electrons. The largest absolute Gasteiger partial charge is 0.389 e. The molecule has 1 aromatic heterocycles. The Balaban J connectivity index is 1.96. The lowest BCUT2D eigenvalue weighted by Gasteiger charge is -2.39. The molecule has 1 saturated carbocycles. The molecule has 0 amide bonds. The first-order valence-corrected chi connectivity index (χ1v) is 7.06. The Kier molecular flexibility index (Phi) is 3.16. The van der Waals surface area contributed by atoms with Gasteiger partial charge < -0.3 is 10.6 Å². The van der Waals surface area contributed by atoms with Gasteiger partial charge in [0.2, 0.25) is 0 Å². The van der Waals surface area contributed by atoms with Crippen LogP contribution in [0.3, 0.4) is 0 Å². The second-order valence-corrected chi connectivity index (χ2v) is 5.67. The van der Waals surface area contributed by atoms with Gasteiger partial charge in [0.25, 0.3) is 0 Å². The number of nitrogens with two attached hydrogens (primary N) is 1. The van der Waals surface area contributed by atoms with Gasteiger partial charge in [-0.3, -0.25) is 0 Å². The quantitative estimate of drug-likeness (QED) is 0.825. The van der Waals surface area contributed by atoms with Gasteiger partial charge in [0.05, 0.1) is 11.8 Å². The smallest absolute Gasteiger partial charge is 0.161 e. The number of rotatable bonds is 2. The van der Waals surface area contributed by atoms with E-state index >= 15 is 0 Å². The van der Waals surface area contributed by atoms with Gasteiger partial charge in [-0.2, -0.15) is 5.10 Å². The molecule has 2 fully saturated rings. The maximum absolute atomic E-state index is 5.80. The number of anilines is 1. The number of thiocarbonyl (C=S) groups is 1. The second-order valence-electron chi connectivity index (χ2n) is 5.23. The van der Waals surface area contributed by atoms with Gasteiger partial charge in [-0.05, 0) is 37.7 Å². The third kappa shape index (κ3) is 1.96. The molecule has 1 aromatic rings. The van der Waals surface area contributed by atoms with E-state index in [4.69, 9.17) is 18.0 Å². The molecule has 1 aliphatic heterocycles. The first-order valence-electron chi connectivity index (χ1n) is 6.65. The number of hydrogen-bond donors (Lipinski definition) is 1. The lowest BCUT2D eigenvalue weighted by atomic mass is 9.91. The molecule has 2 N–H and O–H groups in total. The van der Waals surface area contributed by atoms with E-state index in [0.717, 1.165) is 23.8 Å². The van der Waals surface area contributed by atoms with Crippen molar-refractivity contribution in [1.82, 2.24) is 10.2 Å². The van der Waals surface area contributed by atoms with Crippen molar-refractivity contribution >= 4 is 23.0 Å². The zero-order chi connectivity index (χ0) is 12.5. The Labute approximate surface area is 113 Å². The minimum absolute atomic E-state index is 0.417. The summed E-state index contributed by atoms with van der Waals surface area (Å²) in [6, 6.07) is 2.49. The summed E-state index contributed by atoms with van der Waals surface area (Å²) < 4.78 is 0. The van der Waals surface area contributed by atoms with Crippen LogP contribution in [0.15, 0.2) is 12.3 Å². The molecule has 0 aromatic carbocycles. The molecule has 1 saturated heterocycles. The van der Waals surface area contributed by atoms with Crippen LogP contribution in [-0.4, -0.2) is 27.8 Å². The fraction of sp³-hybridized carbons (Fsp3) is 0.615. The van der Waals surface area contributed by atoms with Gasteiger partial charge in [0.1, 0.15) is 4.99 Å². The average molecular weight is 262 g/mol. The van der Waals surface area contributed by atoms with Gasteiger partial charge in [0.15, 0.2) is 5.82 Å². The molecule has 5 heteroatoms. The van der Waals surface area contributed by atoms with E-state index in [1.165, 1.54) is 32.1 Å². The summed E-state index contributed by atoms with van der Waals surface area (Å²) in [6.45, 7) is 1.05. The van der Waals surface area contributed by atoms with Crippen LogP contribution in [0, 0.1) is 5.92 Å². The molecule has 4 nitrogen and oxygen atoms in total. The first kappa shape index (κ1) is 11.8. The van der Waals surface area contributed by atoms with E-state index < -0.39 is 0 Å². The Morgan fingerprint density at radius 2 is 2.17 bits per heavy atom. The summed E-state index contributed by atoms with van der Waals surface area (Å²) in [4.78, 5) is 2.81. The Morgan fingerprint density at radius 3 is 3.00 bits per heavy atom. The number of nitrogens with zero attached hydrogens (tertiary/aromatic N) is 3. The lowest BCUT2D eigenvalue weighted by molar-refractivity contribution is 0.360. The molecular weight excluding hydrogens is 244 g/mol. The van der Waals surface area contributed by atoms with Gasteiger partial charge in [-0.25, -0.2) is 0 Å². The van der Waals surface area contributed by atoms with Crippen LogP contribution >= 0.6 is 12.2 Å². The predicted octanol–water partition coefficient (Wildman–Crippen LogP) is 1.88. The molecule has 1 aliphatic carbocycles. The van der Waals surface area contributed by atoms with Crippen LogP contribution in [0.25, 0.3) is 0 Å². The van der Waals surface area contributed by atoms with Crippen molar-refractivity contribution in [1.29, 1.82) is 0 Å². The second kappa shape index (κ2) is 4.80. The molecule has 18 heavy (non-hydrogen) atoms. The van der Waals surface area contributed by atoms with Crippen LogP contribution in [-0.2, 0) is 0 Å². The fourth-order valence-electron chi connectivity index (χ4n) is 3.45. The monoisotopic (exact) mass is 262 g/mol. The number of hydrogen-bond acceptors (Lipinski definition) is 4. The molecule has 0 spiro atoms. The maximum atomic E-state index is 5.80. The highest BCUT2D eigenvalue weighted by Crippen LogP contribution is 2.39. The van der Waals surface area contributed by atoms with E-state index in [0.29, 0.717) is 11.0 Å². The highest BCUT2D eigenvalue weighted by atomic mass is 32.1. The molecule has 0 bridgehead atoms. The van der Waals surface area contributed by atoms with Crippen molar-refractivity contribution < 1.29 is 0 Å². The summed E-state index contributed by atoms with van der Waals surface area (Å²) in [5.74, 6) is 1.71. The topological polar surface area (TPSA) is 55.0 Å². The fourth-order valence-corrected chi connectivity index (χ4v) is 3.61. The van der Waals surface area contributed by atoms with Gasteiger partial charge in [-0.1, -0.05) is 18.6 Å². The van der Waals surface area contributed by atoms with Gasteiger partial charge >= 0.3 is 0 Å². The predicted molar refractivity (Wildman–Crippen MR) is 75.6 cm³/mol. The molecule has 96 valence electrons. The van der Waals surface area contributed by atoms with Crippen LogP contribution in [0.2, 0.25) is 0 Å². The van der Waals surface area contributed by atoms with Crippen molar-refractivity contribution in [3.05, 3.63) is 17.8 Å². The third-order valence-corrected chi connectivity index (χ3v) is 4.45. The Bertz CT molecular complexity index is 462. The zero-order valence-corrected chi connectivity index (χ0v) is 11.2. The molecule has 2 heterocycles. The van der Waals surface area contributed by atoms with Crippen molar-refractivity contribution in [3.8, 4) is 0 Å². The SMILES string of the molecule is NC(=S)c1ccnnc1N1CCCC2CCCC21. The van der Waals surface area contributed by atoms with Gasteiger partial charge in [-0.15, -0.1) is 5.10 Å². The van der Waals surface area contributed by atoms with Crippen LogP contribution in [0.4, 0.5) is 5.82 Å². The molecule has 3 rings (SSSR count). The van der Waals surface area contributed by atoms with Crippen molar-refractivity contribution in [2.24, 2.45) is 11.7 Å². The first-order chi connectivity index (χ1) is 8.77. The molecule has 2 atom stereocenters. The summed E-state index contributed by atoms with van der Waals surface area (Å²) >= 11 is 5.12.